The maximum atomic E-state index is 12.6. The molecule has 0 bridgehead atoms. The van der Waals surface area contributed by atoms with Crippen molar-refractivity contribution in [2.45, 2.75) is 25.8 Å². The van der Waals surface area contributed by atoms with E-state index in [1.54, 1.807) is 17.0 Å². The van der Waals surface area contributed by atoms with E-state index in [2.05, 4.69) is 10.3 Å². The topological polar surface area (TPSA) is 75.4 Å². The standard InChI is InChI=1S/C17H18ClN3O3/c1-10-3-6-16(24-10)13-8-21(9-15(13)20-11(2)22)17(23)14-5-4-12(18)7-19-14/h3-7,13,15H,8-9H2,1-2H3,(H,20,22)/t13-,15-/m1/s1. The molecule has 2 atom stereocenters. The normalized spacial score (nSPS) is 20.2. The molecule has 0 spiro atoms. The highest BCUT2D eigenvalue weighted by molar-refractivity contribution is 6.30. The van der Waals surface area contributed by atoms with Crippen LogP contribution in [0.3, 0.4) is 0 Å². The fraction of sp³-hybridized carbons (Fsp3) is 0.353. The maximum Gasteiger partial charge on any atom is 0.272 e. The Bertz CT molecular complexity index is 757. The first kappa shape index (κ1) is 16.5. The molecular weight excluding hydrogens is 330 g/mol. The number of nitrogens with one attached hydrogen (secondary N) is 1. The first-order valence-electron chi connectivity index (χ1n) is 7.68. The minimum Gasteiger partial charge on any atom is -0.466 e. The highest BCUT2D eigenvalue weighted by Gasteiger charge is 2.38. The largest absolute Gasteiger partial charge is 0.466 e. The number of nitrogens with zero attached hydrogens (tertiary/aromatic N) is 2. The number of pyridine rings is 1. The number of likely N-dealkylation sites (tertiary alicyclic amines) is 1. The van der Waals surface area contributed by atoms with Crippen LogP contribution in [0.1, 0.15) is 34.9 Å². The van der Waals surface area contributed by atoms with E-state index in [4.69, 9.17) is 16.0 Å². The van der Waals surface area contributed by atoms with Gasteiger partial charge in [-0.1, -0.05) is 11.6 Å². The third-order valence-corrected chi connectivity index (χ3v) is 4.29. The Hall–Kier alpha value is -2.34. The molecule has 126 valence electrons. The molecule has 3 heterocycles. The molecule has 1 aliphatic heterocycles. The quantitative estimate of drug-likeness (QED) is 0.925. The van der Waals surface area contributed by atoms with Crippen LogP contribution in [-0.4, -0.2) is 40.8 Å². The smallest absolute Gasteiger partial charge is 0.272 e. The molecule has 1 saturated heterocycles. The van der Waals surface area contributed by atoms with E-state index >= 15 is 0 Å². The number of furan rings is 1. The molecule has 2 aromatic rings. The fourth-order valence-electron chi connectivity index (χ4n) is 2.98. The lowest BCUT2D eigenvalue weighted by Gasteiger charge is -2.16. The number of hydrogen-bond acceptors (Lipinski definition) is 4. The van der Waals surface area contributed by atoms with E-state index in [0.717, 1.165) is 11.5 Å². The number of amides is 2. The van der Waals surface area contributed by atoms with Gasteiger partial charge < -0.3 is 14.6 Å². The SMILES string of the molecule is CC(=O)N[C@@H]1CN(C(=O)c2ccc(Cl)cn2)C[C@H]1c1ccc(C)o1. The number of carbonyl (C=O) groups is 2. The lowest BCUT2D eigenvalue weighted by molar-refractivity contribution is -0.119. The number of hydrogen-bond donors (Lipinski definition) is 1. The van der Waals surface area contributed by atoms with Crippen molar-refractivity contribution in [3.63, 3.8) is 0 Å². The Morgan fingerprint density at radius 3 is 2.67 bits per heavy atom. The fourth-order valence-corrected chi connectivity index (χ4v) is 3.09. The summed E-state index contributed by atoms with van der Waals surface area (Å²) in [6, 6.07) is 6.82. The van der Waals surface area contributed by atoms with E-state index in [-0.39, 0.29) is 23.8 Å². The molecule has 0 saturated carbocycles. The Kier molecular flexibility index (Phi) is 4.57. The van der Waals surface area contributed by atoms with Gasteiger partial charge in [-0.25, -0.2) is 4.98 Å². The molecule has 2 aromatic heterocycles. The second-order valence-electron chi connectivity index (χ2n) is 5.93. The average Bonchev–Trinajstić information content (AvgIpc) is 3.13. The molecular formula is C17H18ClN3O3. The molecule has 6 nitrogen and oxygen atoms in total. The van der Waals surface area contributed by atoms with Gasteiger partial charge in [-0.05, 0) is 31.2 Å². The van der Waals surface area contributed by atoms with Gasteiger partial charge in [0.15, 0.2) is 0 Å². The minimum absolute atomic E-state index is 0.0844. The minimum atomic E-state index is -0.190. The van der Waals surface area contributed by atoms with Crippen LogP contribution in [0.2, 0.25) is 5.02 Å². The van der Waals surface area contributed by atoms with Crippen molar-refractivity contribution in [1.29, 1.82) is 0 Å². The molecule has 1 aliphatic rings. The van der Waals surface area contributed by atoms with Crippen LogP contribution in [0.15, 0.2) is 34.9 Å². The number of aromatic nitrogens is 1. The van der Waals surface area contributed by atoms with E-state index in [0.29, 0.717) is 23.8 Å². The monoisotopic (exact) mass is 347 g/mol. The molecule has 7 heteroatoms. The first-order valence-corrected chi connectivity index (χ1v) is 8.06. The second kappa shape index (κ2) is 6.65. The molecule has 0 radical (unpaired) electrons. The zero-order valence-corrected chi connectivity index (χ0v) is 14.2. The summed E-state index contributed by atoms with van der Waals surface area (Å²) in [5, 5.41) is 3.39. The van der Waals surface area contributed by atoms with Crippen molar-refractivity contribution >= 4 is 23.4 Å². The zero-order chi connectivity index (χ0) is 17.3. The number of aryl methyl sites for hydroxylation is 1. The molecule has 0 unspecified atom stereocenters. The van der Waals surface area contributed by atoms with E-state index < -0.39 is 0 Å². The molecule has 2 amide bonds. The summed E-state index contributed by atoms with van der Waals surface area (Å²) >= 11 is 5.81. The van der Waals surface area contributed by atoms with Crippen LogP contribution in [0, 0.1) is 6.92 Å². The summed E-state index contributed by atoms with van der Waals surface area (Å²) in [7, 11) is 0. The van der Waals surface area contributed by atoms with Crippen molar-refractivity contribution in [2.24, 2.45) is 0 Å². The van der Waals surface area contributed by atoms with Crippen molar-refractivity contribution in [3.8, 4) is 0 Å². The van der Waals surface area contributed by atoms with Crippen LogP contribution in [0.5, 0.6) is 0 Å². The van der Waals surface area contributed by atoms with Crippen molar-refractivity contribution in [1.82, 2.24) is 15.2 Å². The lowest BCUT2D eigenvalue weighted by Crippen LogP contribution is -2.39. The Morgan fingerprint density at radius 2 is 2.08 bits per heavy atom. The number of halogens is 1. The van der Waals surface area contributed by atoms with Crippen molar-refractivity contribution < 1.29 is 14.0 Å². The summed E-state index contributed by atoms with van der Waals surface area (Å²) in [4.78, 5) is 29.9. The summed E-state index contributed by atoms with van der Waals surface area (Å²) in [5.74, 6) is 1.17. The molecule has 0 aliphatic carbocycles. The molecule has 0 aromatic carbocycles. The van der Waals surface area contributed by atoms with Gasteiger partial charge in [0.25, 0.3) is 5.91 Å². The molecule has 1 N–H and O–H groups in total. The van der Waals surface area contributed by atoms with Gasteiger partial charge in [-0.2, -0.15) is 0 Å². The van der Waals surface area contributed by atoms with Crippen LogP contribution < -0.4 is 5.32 Å². The maximum absolute atomic E-state index is 12.6. The molecule has 1 fully saturated rings. The van der Waals surface area contributed by atoms with E-state index in [9.17, 15) is 9.59 Å². The highest BCUT2D eigenvalue weighted by Crippen LogP contribution is 2.30. The highest BCUT2D eigenvalue weighted by atomic mass is 35.5. The van der Waals surface area contributed by atoms with Gasteiger partial charge in [0.2, 0.25) is 5.91 Å². The zero-order valence-electron chi connectivity index (χ0n) is 13.5. The van der Waals surface area contributed by atoms with Gasteiger partial charge in [0.1, 0.15) is 17.2 Å². The Balaban J connectivity index is 1.82. The van der Waals surface area contributed by atoms with Gasteiger partial charge in [-0.15, -0.1) is 0 Å². The lowest BCUT2D eigenvalue weighted by atomic mass is 10.0. The number of carbonyl (C=O) groups excluding carboxylic acids is 2. The van der Waals surface area contributed by atoms with E-state index in [1.807, 2.05) is 19.1 Å². The van der Waals surface area contributed by atoms with Crippen LogP contribution in [-0.2, 0) is 4.79 Å². The second-order valence-corrected chi connectivity index (χ2v) is 6.37. The third kappa shape index (κ3) is 3.43. The Morgan fingerprint density at radius 1 is 1.29 bits per heavy atom. The summed E-state index contributed by atoms with van der Waals surface area (Å²) < 4.78 is 5.71. The van der Waals surface area contributed by atoms with Gasteiger partial charge in [-0.3, -0.25) is 9.59 Å². The van der Waals surface area contributed by atoms with Gasteiger partial charge in [0, 0.05) is 26.2 Å². The predicted molar refractivity (Wildman–Crippen MR) is 88.9 cm³/mol. The van der Waals surface area contributed by atoms with Gasteiger partial charge >= 0.3 is 0 Å². The first-order chi connectivity index (χ1) is 11.4. The van der Waals surface area contributed by atoms with Crippen LogP contribution in [0.4, 0.5) is 0 Å². The van der Waals surface area contributed by atoms with Crippen molar-refractivity contribution in [2.75, 3.05) is 13.1 Å². The number of rotatable bonds is 3. The Labute approximate surface area is 144 Å². The molecule has 3 rings (SSSR count). The average molecular weight is 348 g/mol. The van der Waals surface area contributed by atoms with Crippen LogP contribution >= 0.6 is 11.6 Å². The van der Waals surface area contributed by atoms with Crippen LogP contribution in [0.25, 0.3) is 0 Å². The molecule has 24 heavy (non-hydrogen) atoms. The summed E-state index contributed by atoms with van der Waals surface area (Å²) in [6.45, 7) is 4.20. The summed E-state index contributed by atoms with van der Waals surface area (Å²) in [6.07, 6.45) is 1.45. The van der Waals surface area contributed by atoms with Gasteiger partial charge in [0.05, 0.1) is 17.0 Å². The van der Waals surface area contributed by atoms with E-state index in [1.165, 1.54) is 13.1 Å². The van der Waals surface area contributed by atoms with Crippen molar-refractivity contribution in [3.05, 3.63) is 52.7 Å². The predicted octanol–water partition coefficient (Wildman–Crippen LogP) is 2.38. The summed E-state index contributed by atoms with van der Waals surface area (Å²) in [5.41, 5.74) is 0.331. The third-order valence-electron chi connectivity index (χ3n) is 4.07.